The highest BCUT2D eigenvalue weighted by Crippen LogP contribution is 2.07. The lowest BCUT2D eigenvalue weighted by atomic mass is 10.1. The lowest BCUT2D eigenvalue weighted by Gasteiger charge is -2.37. The van der Waals surface area contributed by atoms with E-state index in [1.54, 1.807) is 0 Å². The van der Waals surface area contributed by atoms with Gasteiger partial charge in [-0.25, -0.2) is 0 Å². The number of amides is 1. The van der Waals surface area contributed by atoms with Gasteiger partial charge in [0.15, 0.2) is 0 Å². The maximum atomic E-state index is 11.6. The summed E-state index contributed by atoms with van der Waals surface area (Å²) in [5.41, 5.74) is 0. The van der Waals surface area contributed by atoms with E-state index < -0.39 is 6.10 Å². The summed E-state index contributed by atoms with van der Waals surface area (Å²) in [4.78, 5) is 11.6. The Morgan fingerprint density at radius 3 is 2.06 bits per heavy atom. The third-order valence-corrected chi connectivity index (χ3v) is 4.18. The molecule has 0 aromatic heterocycles. The number of carbonyl (C=O) groups is 1. The van der Waals surface area contributed by atoms with Crippen molar-refractivity contribution in [2.45, 2.75) is 47.1 Å². The van der Waals surface area contributed by atoms with Gasteiger partial charge in [0.05, 0.1) is 19.6 Å². The molecule has 0 heterocycles. The summed E-state index contributed by atoms with van der Waals surface area (Å²) in [5.74, 6) is 0.0686. The van der Waals surface area contributed by atoms with Gasteiger partial charge in [0, 0.05) is 12.5 Å². The van der Waals surface area contributed by atoms with Crippen LogP contribution in [-0.2, 0) is 4.79 Å². The molecule has 0 aliphatic heterocycles. The average Bonchev–Trinajstić information content (AvgIpc) is 2.41. The topological polar surface area (TPSA) is 49.3 Å². The van der Waals surface area contributed by atoms with Crippen LogP contribution in [0.15, 0.2) is 0 Å². The van der Waals surface area contributed by atoms with Crippen LogP contribution < -0.4 is 5.32 Å². The van der Waals surface area contributed by atoms with Gasteiger partial charge in [0.1, 0.15) is 12.6 Å². The summed E-state index contributed by atoms with van der Waals surface area (Å²) in [5, 5.41) is 12.9. The highest BCUT2D eigenvalue weighted by Gasteiger charge is 2.25. The monoisotopic (exact) mass is 259 g/mol. The van der Waals surface area contributed by atoms with E-state index in [1.807, 2.05) is 13.8 Å². The van der Waals surface area contributed by atoms with Crippen molar-refractivity contribution in [3.8, 4) is 0 Å². The molecule has 4 nitrogen and oxygen atoms in total. The number of hydrogen-bond donors (Lipinski definition) is 2. The Morgan fingerprint density at radius 1 is 1.17 bits per heavy atom. The molecular weight excluding hydrogens is 228 g/mol. The van der Waals surface area contributed by atoms with Gasteiger partial charge in [-0.1, -0.05) is 13.8 Å². The second-order valence-electron chi connectivity index (χ2n) is 5.18. The Labute approximate surface area is 112 Å². The predicted molar refractivity (Wildman–Crippen MR) is 75.2 cm³/mol. The molecule has 0 radical (unpaired) electrons. The molecule has 0 bridgehead atoms. The lowest BCUT2D eigenvalue weighted by Crippen LogP contribution is -2.54. The number of nitrogens with zero attached hydrogens (tertiary/aromatic N) is 1. The number of aliphatic hydroxyl groups excluding tert-OH is 1. The van der Waals surface area contributed by atoms with Gasteiger partial charge in [-0.05, 0) is 27.2 Å². The molecule has 2 unspecified atom stereocenters. The number of hydrogen-bond acceptors (Lipinski definition) is 2. The fourth-order valence-electron chi connectivity index (χ4n) is 2.15. The van der Waals surface area contributed by atoms with E-state index in [-0.39, 0.29) is 11.8 Å². The summed E-state index contributed by atoms with van der Waals surface area (Å²) >= 11 is 0. The second kappa shape index (κ2) is 8.48. The second-order valence-corrected chi connectivity index (χ2v) is 5.18. The Bertz CT molecular complexity index is 232. The highest BCUT2D eigenvalue weighted by atomic mass is 16.3. The third kappa shape index (κ3) is 5.36. The largest absolute Gasteiger partial charge is 0.385 e. The SMILES string of the molecule is CCC(C)C(=O)NCC(O)C[N+](CC)(CC)CC. The van der Waals surface area contributed by atoms with E-state index in [2.05, 4.69) is 26.1 Å². The van der Waals surface area contributed by atoms with Crippen molar-refractivity contribution in [3.63, 3.8) is 0 Å². The molecule has 0 aliphatic rings. The first-order chi connectivity index (χ1) is 8.44. The van der Waals surface area contributed by atoms with Gasteiger partial charge in [0.2, 0.25) is 5.91 Å². The number of aliphatic hydroxyl groups is 1. The maximum Gasteiger partial charge on any atom is 0.222 e. The number of quaternary nitrogens is 1. The zero-order valence-electron chi connectivity index (χ0n) is 12.7. The van der Waals surface area contributed by atoms with Gasteiger partial charge in [-0.3, -0.25) is 4.79 Å². The van der Waals surface area contributed by atoms with Gasteiger partial charge >= 0.3 is 0 Å². The molecule has 18 heavy (non-hydrogen) atoms. The zero-order chi connectivity index (χ0) is 14.2. The Morgan fingerprint density at radius 2 is 1.67 bits per heavy atom. The number of rotatable bonds is 9. The van der Waals surface area contributed by atoms with Crippen molar-refractivity contribution < 1.29 is 14.4 Å². The van der Waals surface area contributed by atoms with Crippen LogP contribution in [0.2, 0.25) is 0 Å². The summed E-state index contributed by atoms with van der Waals surface area (Å²) < 4.78 is 0.903. The molecule has 2 N–H and O–H groups in total. The van der Waals surface area contributed by atoms with Gasteiger partial charge in [-0.2, -0.15) is 0 Å². The molecule has 2 atom stereocenters. The number of likely N-dealkylation sites (N-methyl/N-ethyl adjacent to an activating group) is 1. The van der Waals surface area contributed by atoms with Gasteiger partial charge < -0.3 is 14.9 Å². The first kappa shape index (κ1) is 17.4. The van der Waals surface area contributed by atoms with E-state index in [9.17, 15) is 9.90 Å². The molecular formula is C14H31N2O2+. The smallest absolute Gasteiger partial charge is 0.222 e. The molecule has 0 aliphatic carbocycles. The van der Waals surface area contributed by atoms with E-state index in [1.165, 1.54) is 0 Å². The summed E-state index contributed by atoms with van der Waals surface area (Å²) in [6.07, 6.45) is 0.374. The lowest BCUT2D eigenvalue weighted by molar-refractivity contribution is -0.925. The van der Waals surface area contributed by atoms with Crippen molar-refractivity contribution >= 4 is 5.91 Å². The van der Waals surface area contributed by atoms with Crippen LogP contribution in [0.5, 0.6) is 0 Å². The van der Waals surface area contributed by atoms with E-state index in [0.29, 0.717) is 13.1 Å². The van der Waals surface area contributed by atoms with E-state index >= 15 is 0 Å². The minimum absolute atomic E-state index is 0.0278. The van der Waals surface area contributed by atoms with Crippen LogP contribution >= 0.6 is 0 Å². The van der Waals surface area contributed by atoms with Gasteiger partial charge in [-0.15, -0.1) is 0 Å². The number of carbonyl (C=O) groups excluding carboxylic acids is 1. The molecule has 0 saturated carbocycles. The molecule has 0 fully saturated rings. The van der Waals surface area contributed by atoms with Crippen molar-refractivity contribution in [2.75, 3.05) is 32.7 Å². The zero-order valence-corrected chi connectivity index (χ0v) is 12.7. The normalized spacial score (nSPS) is 15.2. The maximum absolute atomic E-state index is 11.6. The summed E-state index contributed by atoms with van der Waals surface area (Å²) in [7, 11) is 0. The molecule has 0 aromatic rings. The predicted octanol–water partition coefficient (Wildman–Crippen LogP) is 1.39. The molecule has 0 saturated heterocycles. The standard InChI is InChI=1S/C14H30N2O2/c1-6-12(5)14(18)15-10-13(17)11-16(7-2,8-3)9-4/h12-13,17H,6-11H2,1-5H3/p+1. The van der Waals surface area contributed by atoms with Crippen molar-refractivity contribution in [1.29, 1.82) is 0 Å². The number of nitrogens with one attached hydrogen (secondary N) is 1. The Balaban J connectivity index is 4.18. The van der Waals surface area contributed by atoms with E-state index in [4.69, 9.17) is 0 Å². The Hall–Kier alpha value is -0.610. The third-order valence-electron chi connectivity index (χ3n) is 4.18. The highest BCUT2D eigenvalue weighted by molar-refractivity contribution is 5.78. The van der Waals surface area contributed by atoms with Crippen molar-refractivity contribution in [3.05, 3.63) is 0 Å². The molecule has 0 spiro atoms. The van der Waals surface area contributed by atoms with Crippen LogP contribution in [0, 0.1) is 5.92 Å². The minimum Gasteiger partial charge on any atom is -0.385 e. The van der Waals surface area contributed by atoms with Crippen LogP contribution in [0.1, 0.15) is 41.0 Å². The first-order valence-electron chi connectivity index (χ1n) is 7.25. The minimum atomic E-state index is -0.460. The molecule has 4 heteroatoms. The molecule has 0 aromatic carbocycles. The van der Waals surface area contributed by atoms with E-state index in [0.717, 1.165) is 30.5 Å². The molecule has 1 amide bonds. The molecule has 0 rings (SSSR count). The summed E-state index contributed by atoms with van der Waals surface area (Å²) in [6.45, 7) is 14.5. The summed E-state index contributed by atoms with van der Waals surface area (Å²) in [6, 6.07) is 0. The Kier molecular flexibility index (Phi) is 8.20. The average molecular weight is 259 g/mol. The van der Waals surface area contributed by atoms with Crippen LogP contribution in [-0.4, -0.2) is 54.3 Å². The van der Waals surface area contributed by atoms with Crippen LogP contribution in [0.3, 0.4) is 0 Å². The fraction of sp³-hybridized carbons (Fsp3) is 0.929. The quantitative estimate of drug-likeness (QED) is 0.615. The molecule has 108 valence electrons. The van der Waals surface area contributed by atoms with Crippen molar-refractivity contribution in [2.24, 2.45) is 5.92 Å². The fourth-order valence-corrected chi connectivity index (χ4v) is 2.15. The van der Waals surface area contributed by atoms with Crippen molar-refractivity contribution in [1.82, 2.24) is 5.32 Å². The first-order valence-corrected chi connectivity index (χ1v) is 7.25. The van der Waals surface area contributed by atoms with Crippen LogP contribution in [0.25, 0.3) is 0 Å². The van der Waals surface area contributed by atoms with Gasteiger partial charge in [0.25, 0.3) is 0 Å². The van der Waals surface area contributed by atoms with Crippen LogP contribution in [0.4, 0.5) is 0 Å².